The number of amides is 2. The molecule has 1 heterocycles. The number of carbonyl (C=O) groups excluding carboxylic acids is 1. The number of aliphatic hydroxyl groups excluding tert-OH is 1. The van der Waals surface area contributed by atoms with Gasteiger partial charge in [0, 0.05) is 11.4 Å². The lowest BCUT2D eigenvalue weighted by molar-refractivity contribution is 0.151. The van der Waals surface area contributed by atoms with Crippen LogP contribution in [0.5, 0.6) is 0 Å². The average Bonchev–Trinajstić information content (AvgIpc) is 3.14. The molecular weight excluding hydrogens is 322 g/mol. The van der Waals surface area contributed by atoms with E-state index in [2.05, 4.69) is 22.4 Å². The van der Waals surface area contributed by atoms with Gasteiger partial charge in [0.15, 0.2) is 0 Å². The number of hydrogen-bond donors (Lipinski definition) is 2. The van der Waals surface area contributed by atoms with Crippen LogP contribution < -0.4 is 5.32 Å². The monoisotopic (exact) mass is 345 g/mol. The molecule has 0 spiro atoms. The first-order valence-electron chi connectivity index (χ1n) is 8.26. The van der Waals surface area contributed by atoms with E-state index in [1.54, 1.807) is 16.2 Å². The van der Waals surface area contributed by atoms with Gasteiger partial charge in [-0.05, 0) is 37.8 Å². The molecule has 1 aliphatic rings. The third kappa shape index (κ3) is 3.44. The number of aryl methyl sites for hydroxylation is 3. The van der Waals surface area contributed by atoms with E-state index in [0.717, 1.165) is 23.5 Å². The first-order valence-corrected chi connectivity index (χ1v) is 9.08. The molecule has 1 atom stereocenters. The third-order valence-electron chi connectivity index (χ3n) is 4.54. The summed E-state index contributed by atoms with van der Waals surface area (Å²) in [5.74, 6) is 0. The zero-order valence-electron chi connectivity index (χ0n) is 14.1. The van der Waals surface area contributed by atoms with Crippen molar-refractivity contribution in [1.29, 1.82) is 0 Å². The molecular formula is C18H23N3O2S. The molecule has 1 aliphatic carbocycles. The highest BCUT2D eigenvalue weighted by atomic mass is 32.1. The molecule has 24 heavy (non-hydrogen) atoms. The van der Waals surface area contributed by atoms with Gasteiger partial charge >= 0.3 is 6.03 Å². The Morgan fingerprint density at radius 3 is 2.92 bits per heavy atom. The second-order valence-electron chi connectivity index (χ2n) is 6.08. The smallest absolute Gasteiger partial charge is 0.318 e. The fourth-order valence-corrected chi connectivity index (χ4v) is 4.11. The summed E-state index contributed by atoms with van der Waals surface area (Å²) in [6.07, 6.45) is 1.88. The van der Waals surface area contributed by atoms with Gasteiger partial charge in [0.1, 0.15) is 5.01 Å². The van der Waals surface area contributed by atoms with E-state index in [1.807, 2.05) is 26.0 Å². The Labute approximate surface area is 146 Å². The van der Waals surface area contributed by atoms with Crippen molar-refractivity contribution in [3.63, 3.8) is 0 Å². The second-order valence-corrected chi connectivity index (χ2v) is 7.37. The highest BCUT2D eigenvalue weighted by Crippen LogP contribution is 2.35. The van der Waals surface area contributed by atoms with Crippen molar-refractivity contribution in [2.24, 2.45) is 0 Å². The molecule has 2 amide bonds. The Balaban J connectivity index is 1.70. The Hall–Kier alpha value is -1.92. The van der Waals surface area contributed by atoms with Crippen LogP contribution in [0, 0.1) is 13.8 Å². The molecule has 0 aliphatic heterocycles. The molecule has 2 N–H and O–H groups in total. The largest absolute Gasteiger partial charge is 0.395 e. The number of aliphatic hydroxyl groups is 1. The fourth-order valence-electron chi connectivity index (χ4n) is 3.23. The number of carbonyl (C=O) groups is 1. The molecule has 5 nitrogen and oxygen atoms in total. The number of fused-ring (bicyclic) bond motifs is 1. The number of urea groups is 1. The molecule has 1 aromatic carbocycles. The SMILES string of the molecule is Cc1nc(CNC(=O)N(CCO)C2CCc3ccccc32)sc1C. The van der Waals surface area contributed by atoms with Crippen LogP contribution in [0.1, 0.15) is 39.2 Å². The maximum Gasteiger partial charge on any atom is 0.318 e. The molecule has 0 saturated carbocycles. The molecule has 128 valence electrons. The zero-order chi connectivity index (χ0) is 17.1. The van der Waals surface area contributed by atoms with Crippen LogP contribution in [0.2, 0.25) is 0 Å². The molecule has 1 aromatic heterocycles. The van der Waals surface area contributed by atoms with Crippen molar-refractivity contribution in [1.82, 2.24) is 15.2 Å². The van der Waals surface area contributed by atoms with Crippen LogP contribution in [-0.4, -0.2) is 34.2 Å². The first-order chi connectivity index (χ1) is 11.6. The molecule has 0 fully saturated rings. The molecule has 1 unspecified atom stereocenters. The number of nitrogens with one attached hydrogen (secondary N) is 1. The minimum absolute atomic E-state index is 0.0353. The summed E-state index contributed by atoms with van der Waals surface area (Å²) in [6.45, 7) is 4.73. The van der Waals surface area contributed by atoms with Crippen molar-refractivity contribution in [2.45, 2.75) is 39.3 Å². The number of thiazole rings is 1. The Kier molecular flexibility index (Phi) is 5.16. The molecule has 0 saturated heterocycles. The van der Waals surface area contributed by atoms with Gasteiger partial charge in [0.25, 0.3) is 0 Å². The van der Waals surface area contributed by atoms with E-state index in [9.17, 15) is 9.90 Å². The van der Waals surface area contributed by atoms with Gasteiger partial charge in [-0.1, -0.05) is 24.3 Å². The molecule has 2 aromatic rings. The summed E-state index contributed by atoms with van der Waals surface area (Å²) in [4.78, 5) is 20.1. The van der Waals surface area contributed by atoms with Gasteiger partial charge in [-0.3, -0.25) is 0 Å². The van der Waals surface area contributed by atoms with Crippen molar-refractivity contribution >= 4 is 17.4 Å². The van der Waals surface area contributed by atoms with Crippen molar-refractivity contribution in [2.75, 3.05) is 13.2 Å². The van der Waals surface area contributed by atoms with Crippen molar-refractivity contribution in [3.05, 3.63) is 51.0 Å². The standard InChI is InChI=1S/C18H23N3O2S/c1-12-13(2)24-17(20-12)11-19-18(23)21(9-10-22)16-8-7-14-5-3-4-6-15(14)16/h3-6,16,22H,7-11H2,1-2H3,(H,19,23). The van der Waals surface area contributed by atoms with E-state index in [-0.39, 0.29) is 18.7 Å². The zero-order valence-corrected chi connectivity index (χ0v) is 14.9. The summed E-state index contributed by atoms with van der Waals surface area (Å²) in [6, 6.07) is 8.13. The normalized spacial score (nSPS) is 16.0. The predicted molar refractivity (Wildman–Crippen MR) is 95.1 cm³/mol. The number of nitrogens with zero attached hydrogens (tertiary/aromatic N) is 2. The summed E-state index contributed by atoms with van der Waals surface area (Å²) in [7, 11) is 0. The van der Waals surface area contributed by atoms with Crippen molar-refractivity contribution < 1.29 is 9.90 Å². The van der Waals surface area contributed by atoms with E-state index >= 15 is 0 Å². The van der Waals surface area contributed by atoms with Gasteiger partial charge < -0.3 is 15.3 Å². The van der Waals surface area contributed by atoms with Crippen LogP contribution in [0.15, 0.2) is 24.3 Å². The highest BCUT2D eigenvalue weighted by Gasteiger charge is 2.30. The second kappa shape index (κ2) is 7.32. The van der Waals surface area contributed by atoms with Crippen LogP contribution >= 0.6 is 11.3 Å². The van der Waals surface area contributed by atoms with Crippen LogP contribution in [0.4, 0.5) is 4.79 Å². The molecule has 6 heteroatoms. The minimum atomic E-state index is -0.142. The topological polar surface area (TPSA) is 65.5 Å². The fraction of sp³-hybridized carbons (Fsp3) is 0.444. The van der Waals surface area contributed by atoms with E-state index < -0.39 is 0 Å². The number of hydrogen-bond acceptors (Lipinski definition) is 4. The van der Waals surface area contributed by atoms with Crippen LogP contribution in [-0.2, 0) is 13.0 Å². The van der Waals surface area contributed by atoms with Gasteiger partial charge in [0.05, 0.1) is 24.9 Å². The van der Waals surface area contributed by atoms with Crippen LogP contribution in [0.25, 0.3) is 0 Å². The Morgan fingerprint density at radius 1 is 1.42 bits per heavy atom. The average molecular weight is 345 g/mol. The maximum atomic E-state index is 12.7. The summed E-state index contributed by atoms with van der Waals surface area (Å²) in [5, 5.41) is 13.3. The molecule has 0 bridgehead atoms. The van der Waals surface area contributed by atoms with E-state index in [0.29, 0.717) is 13.1 Å². The molecule has 0 radical (unpaired) electrons. The van der Waals surface area contributed by atoms with Gasteiger partial charge in [-0.25, -0.2) is 9.78 Å². The maximum absolute atomic E-state index is 12.7. The number of rotatable bonds is 5. The van der Waals surface area contributed by atoms with E-state index in [1.165, 1.54) is 16.0 Å². The lowest BCUT2D eigenvalue weighted by Gasteiger charge is -2.29. The lowest BCUT2D eigenvalue weighted by Crippen LogP contribution is -2.43. The Bertz CT molecular complexity index is 709. The first kappa shape index (κ1) is 16.9. The third-order valence-corrected chi connectivity index (χ3v) is 5.62. The molecule has 3 rings (SSSR count). The highest BCUT2D eigenvalue weighted by molar-refractivity contribution is 7.11. The van der Waals surface area contributed by atoms with E-state index in [4.69, 9.17) is 0 Å². The van der Waals surface area contributed by atoms with Crippen LogP contribution in [0.3, 0.4) is 0 Å². The number of benzene rings is 1. The Morgan fingerprint density at radius 2 is 2.21 bits per heavy atom. The lowest BCUT2D eigenvalue weighted by atomic mass is 10.1. The summed E-state index contributed by atoms with van der Waals surface area (Å²) >= 11 is 1.61. The van der Waals surface area contributed by atoms with Gasteiger partial charge in [0.2, 0.25) is 0 Å². The van der Waals surface area contributed by atoms with Gasteiger partial charge in [-0.2, -0.15) is 0 Å². The predicted octanol–water partition coefficient (Wildman–Crippen LogP) is 2.95. The summed E-state index contributed by atoms with van der Waals surface area (Å²) in [5.41, 5.74) is 3.51. The number of aromatic nitrogens is 1. The minimum Gasteiger partial charge on any atom is -0.395 e. The quantitative estimate of drug-likeness (QED) is 0.876. The van der Waals surface area contributed by atoms with Crippen molar-refractivity contribution in [3.8, 4) is 0 Å². The van der Waals surface area contributed by atoms with Gasteiger partial charge in [-0.15, -0.1) is 11.3 Å². The summed E-state index contributed by atoms with van der Waals surface area (Å²) < 4.78 is 0.